The minimum absolute atomic E-state index is 0.0345. The molecule has 5 aliphatic rings. The van der Waals surface area contributed by atoms with Crippen molar-refractivity contribution in [2.75, 3.05) is 0 Å². The number of epoxide rings is 1. The number of hydrogen-bond acceptors (Lipinski definition) is 3. The SMILES string of the molecule is CC(=O)[C@]12O[C@H]1C[C@@H]1[C@@H]3CCC4=CC(=O)CC[C@]4(C)[C@@H]3CC[C@]12C. The Bertz CT molecular complexity index is 679. The summed E-state index contributed by atoms with van der Waals surface area (Å²) in [6.45, 7) is 6.48. The highest BCUT2D eigenvalue weighted by atomic mass is 16.6. The van der Waals surface area contributed by atoms with Gasteiger partial charge in [-0.05, 0) is 74.7 Å². The molecule has 3 nitrogen and oxygen atoms in total. The van der Waals surface area contributed by atoms with Crippen LogP contribution in [0.2, 0.25) is 0 Å². The highest BCUT2D eigenvalue weighted by molar-refractivity contribution is 5.92. The fourth-order valence-corrected chi connectivity index (χ4v) is 7.62. The van der Waals surface area contributed by atoms with E-state index in [-0.39, 0.29) is 22.7 Å². The first-order valence-corrected chi connectivity index (χ1v) is 9.76. The number of rotatable bonds is 1. The van der Waals surface area contributed by atoms with Crippen molar-refractivity contribution in [3.8, 4) is 0 Å². The molecule has 1 heterocycles. The van der Waals surface area contributed by atoms with Crippen molar-refractivity contribution in [2.45, 2.75) is 77.4 Å². The standard InChI is InChI=1S/C21H28O3/c1-12(22)21-18(24-21)11-17-15-5-4-13-10-14(23)6-8-19(13,2)16(15)7-9-20(17,21)3/h10,15-18H,4-9,11H2,1-3H3/t15-,16-,17-,18+,19+,20-,21+/m1/s1. The first-order chi connectivity index (χ1) is 11.3. The fraction of sp³-hybridized carbons (Fsp3) is 0.810. The zero-order chi connectivity index (χ0) is 16.9. The summed E-state index contributed by atoms with van der Waals surface area (Å²) in [5.41, 5.74) is 1.22. The van der Waals surface area contributed by atoms with Crippen LogP contribution in [0.15, 0.2) is 11.6 Å². The summed E-state index contributed by atoms with van der Waals surface area (Å²) in [5, 5.41) is 0. The molecule has 0 spiro atoms. The van der Waals surface area contributed by atoms with Gasteiger partial charge in [-0.2, -0.15) is 0 Å². The molecule has 1 saturated heterocycles. The van der Waals surface area contributed by atoms with E-state index in [0.717, 1.165) is 25.7 Å². The van der Waals surface area contributed by atoms with Crippen LogP contribution in [0.25, 0.3) is 0 Å². The summed E-state index contributed by atoms with van der Waals surface area (Å²) in [4.78, 5) is 24.3. The number of carbonyl (C=O) groups excluding carboxylic acids is 2. The van der Waals surface area contributed by atoms with Gasteiger partial charge in [0.2, 0.25) is 0 Å². The fourth-order valence-electron chi connectivity index (χ4n) is 7.62. The van der Waals surface area contributed by atoms with Gasteiger partial charge in [0, 0.05) is 11.8 Å². The van der Waals surface area contributed by atoms with Gasteiger partial charge >= 0.3 is 0 Å². The van der Waals surface area contributed by atoms with E-state index < -0.39 is 5.60 Å². The van der Waals surface area contributed by atoms with Crippen LogP contribution in [0.5, 0.6) is 0 Å². The Balaban J connectivity index is 1.52. The Kier molecular flexibility index (Phi) is 2.81. The summed E-state index contributed by atoms with van der Waals surface area (Å²) in [6, 6.07) is 0. The van der Waals surface area contributed by atoms with Crippen molar-refractivity contribution < 1.29 is 14.3 Å². The predicted molar refractivity (Wildman–Crippen MR) is 90.4 cm³/mol. The third kappa shape index (κ3) is 1.54. The highest BCUT2D eigenvalue weighted by Gasteiger charge is 2.79. The van der Waals surface area contributed by atoms with Crippen LogP contribution in [-0.4, -0.2) is 23.3 Å². The monoisotopic (exact) mass is 328 g/mol. The molecule has 3 heteroatoms. The van der Waals surface area contributed by atoms with Crippen LogP contribution >= 0.6 is 0 Å². The Morgan fingerprint density at radius 2 is 1.96 bits per heavy atom. The molecule has 4 aliphatic carbocycles. The molecule has 4 fully saturated rings. The largest absolute Gasteiger partial charge is 0.357 e. The Hall–Kier alpha value is -0.960. The number of fused-ring (bicyclic) bond motifs is 7. The Morgan fingerprint density at radius 1 is 1.17 bits per heavy atom. The van der Waals surface area contributed by atoms with E-state index in [4.69, 9.17) is 4.74 Å². The zero-order valence-electron chi connectivity index (χ0n) is 15.1. The van der Waals surface area contributed by atoms with Crippen molar-refractivity contribution in [1.29, 1.82) is 0 Å². The minimum Gasteiger partial charge on any atom is -0.357 e. The van der Waals surface area contributed by atoms with Crippen molar-refractivity contribution >= 4 is 11.6 Å². The molecule has 7 atom stereocenters. The lowest BCUT2D eigenvalue weighted by atomic mass is 9.46. The minimum atomic E-state index is -0.456. The maximum Gasteiger partial charge on any atom is 0.164 e. The van der Waals surface area contributed by atoms with Crippen LogP contribution in [0, 0.1) is 28.6 Å². The second-order valence-corrected chi connectivity index (χ2v) is 9.56. The molecule has 130 valence electrons. The Morgan fingerprint density at radius 3 is 2.71 bits per heavy atom. The van der Waals surface area contributed by atoms with E-state index in [1.165, 1.54) is 18.4 Å². The van der Waals surface area contributed by atoms with E-state index in [9.17, 15) is 9.59 Å². The van der Waals surface area contributed by atoms with Crippen LogP contribution in [0.4, 0.5) is 0 Å². The zero-order valence-corrected chi connectivity index (χ0v) is 15.1. The van der Waals surface area contributed by atoms with E-state index in [0.29, 0.717) is 30.0 Å². The van der Waals surface area contributed by atoms with Crippen LogP contribution in [0.1, 0.15) is 65.7 Å². The second-order valence-electron chi connectivity index (χ2n) is 9.56. The molecule has 24 heavy (non-hydrogen) atoms. The van der Waals surface area contributed by atoms with E-state index in [2.05, 4.69) is 13.8 Å². The maximum atomic E-state index is 12.4. The molecule has 0 aromatic carbocycles. The molecular weight excluding hydrogens is 300 g/mol. The molecule has 5 rings (SSSR count). The number of carbonyl (C=O) groups is 2. The molecule has 0 aromatic rings. The number of ketones is 2. The van der Waals surface area contributed by atoms with E-state index >= 15 is 0 Å². The van der Waals surface area contributed by atoms with Gasteiger partial charge in [-0.25, -0.2) is 0 Å². The third-order valence-electron chi connectivity index (χ3n) is 8.92. The lowest BCUT2D eigenvalue weighted by molar-refractivity contribution is -0.136. The lowest BCUT2D eigenvalue weighted by Crippen LogP contribution is -2.54. The van der Waals surface area contributed by atoms with Gasteiger partial charge in [0.05, 0.1) is 6.10 Å². The maximum absolute atomic E-state index is 12.4. The molecule has 0 aromatic heterocycles. The van der Waals surface area contributed by atoms with Gasteiger partial charge < -0.3 is 4.74 Å². The first-order valence-electron chi connectivity index (χ1n) is 9.76. The van der Waals surface area contributed by atoms with Crippen LogP contribution in [0.3, 0.4) is 0 Å². The van der Waals surface area contributed by atoms with Gasteiger partial charge in [0.25, 0.3) is 0 Å². The highest BCUT2D eigenvalue weighted by Crippen LogP contribution is 2.73. The average molecular weight is 328 g/mol. The van der Waals surface area contributed by atoms with E-state index in [1.807, 2.05) is 6.08 Å². The number of Topliss-reactive ketones (excluding diaryl/α,β-unsaturated/α-hetero) is 1. The molecule has 0 unspecified atom stereocenters. The molecule has 0 amide bonds. The third-order valence-corrected chi connectivity index (χ3v) is 8.92. The quantitative estimate of drug-likeness (QED) is 0.687. The van der Waals surface area contributed by atoms with Crippen molar-refractivity contribution in [3.63, 3.8) is 0 Å². The molecule has 1 aliphatic heterocycles. The Labute approximate surface area is 144 Å². The second kappa shape index (κ2) is 4.41. The van der Waals surface area contributed by atoms with Crippen LogP contribution in [-0.2, 0) is 14.3 Å². The summed E-state index contributed by atoms with van der Waals surface area (Å²) in [6.07, 6.45) is 9.53. The van der Waals surface area contributed by atoms with Crippen molar-refractivity contribution in [1.82, 2.24) is 0 Å². The summed E-state index contributed by atoms with van der Waals surface area (Å²) in [7, 11) is 0. The molecule has 0 bridgehead atoms. The molecule has 3 saturated carbocycles. The lowest BCUT2D eigenvalue weighted by Gasteiger charge is -2.58. The first kappa shape index (κ1) is 15.3. The normalized spacial score (nSPS) is 55.0. The average Bonchev–Trinajstić information content (AvgIpc) is 3.21. The van der Waals surface area contributed by atoms with Crippen molar-refractivity contribution in [3.05, 3.63) is 11.6 Å². The number of hydrogen-bond donors (Lipinski definition) is 0. The predicted octanol–water partition coefficient (Wildman–Crippen LogP) is 3.85. The summed E-state index contributed by atoms with van der Waals surface area (Å²) < 4.78 is 5.99. The van der Waals surface area contributed by atoms with Gasteiger partial charge in [0.15, 0.2) is 17.2 Å². The molecule has 0 radical (unpaired) electrons. The number of ether oxygens (including phenoxy) is 1. The van der Waals surface area contributed by atoms with Crippen molar-refractivity contribution in [2.24, 2.45) is 28.6 Å². The summed E-state index contributed by atoms with van der Waals surface area (Å²) in [5.74, 6) is 2.58. The van der Waals surface area contributed by atoms with Crippen LogP contribution < -0.4 is 0 Å². The van der Waals surface area contributed by atoms with Gasteiger partial charge in [-0.3, -0.25) is 9.59 Å². The topological polar surface area (TPSA) is 46.7 Å². The molecule has 0 N–H and O–H groups in total. The van der Waals surface area contributed by atoms with Gasteiger partial charge in [-0.15, -0.1) is 0 Å². The van der Waals surface area contributed by atoms with E-state index in [1.54, 1.807) is 6.92 Å². The number of allylic oxidation sites excluding steroid dienone is 1. The van der Waals surface area contributed by atoms with Gasteiger partial charge in [0.1, 0.15) is 0 Å². The molecular formula is C21H28O3. The summed E-state index contributed by atoms with van der Waals surface area (Å²) >= 11 is 0. The smallest absolute Gasteiger partial charge is 0.164 e. The van der Waals surface area contributed by atoms with Gasteiger partial charge in [-0.1, -0.05) is 19.4 Å².